The molecule has 1 atom stereocenters. The highest BCUT2D eigenvalue weighted by Crippen LogP contribution is 2.43. The molecule has 0 aromatic heterocycles. The molecule has 1 aliphatic heterocycles. The smallest absolute Gasteiger partial charge is 0.300 e. The maximum absolute atomic E-state index is 13.2. The van der Waals surface area contributed by atoms with Gasteiger partial charge in [-0.3, -0.25) is 14.5 Å². The Hall–Kier alpha value is -4.26. The van der Waals surface area contributed by atoms with Crippen LogP contribution in [-0.4, -0.2) is 36.1 Å². The number of carbonyl (C=O) groups excluding carboxylic acids is 2. The minimum atomic E-state index is -0.898. The van der Waals surface area contributed by atoms with E-state index in [0.717, 1.165) is 0 Å². The van der Waals surface area contributed by atoms with Gasteiger partial charge in [0.05, 0.1) is 31.4 Å². The summed E-state index contributed by atoms with van der Waals surface area (Å²) in [4.78, 5) is 27.6. The summed E-state index contributed by atoms with van der Waals surface area (Å²) in [6, 6.07) is 18.8. The molecule has 0 spiro atoms. The Bertz CT molecular complexity index is 1200. The van der Waals surface area contributed by atoms with E-state index in [4.69, 9.17) is 9.47 Å². The molecule has 0 saturated carbocycles. The van der Waals surface area contributed by atoms with Crippen LogP contribution in [0.15, 0.2) is 78.4 Å². The average Bonchev–Trinajstić information content (AvgIpc) is 3.09. The summed E-state index contributed by atoms with van der Waals surface area (Å²) >= 11 is 0. The maximum atomic E-state index is 13.2. The van der Waals surface area contributed by atoms with E-state index in [1.54, 1.807) is 60.7 Å². The second kappa shape index (κ2) is 8.47. The molecule has 1 heterocycles. The molecule has 2 N–H and O–H groups in total. The van der Waals surface area contributed by atoms with Gasteiger partial charge in [-0.05, 0) is 42.0 Å². The standard InChI is InChI=1S/C25H21NO6/c1-31-18-12-13-19(20(14-18)32-2)23(28)21-22(15-8-10-17(27)11-9-15)26(25(30)24(21)29)16-6-4-3-5-7-16/h3-14,22,27-28H,1-2H3/b23-21-. The number of benzene rings is 3. The van der Waals surface area contributed by atoms with Crippen molar-refractivity contribution in [3.8, 4) is 17.2 Å². The Morgan fingerprint density at radius 2 is 1.59 bits per heavy atom. The number of hydrogen-bond acceptors (Lipinski definition) is 6. The summed E-state index contributed by atoms with van der Waals surface area (Å²) in [6.07, 6.45) is 0. The van der Waals surface area contributed by atoms with Gasteiger partial charge >= 0.3 is 0 Å². The number of aromatic hydroxyl groups is 1. The lowest BCUT2D eigenvalue weighted by Crippen LogP contribution is -2.29. The Kier molecular flexibility index (Phi) is 5.55. The zero-order valence-corrected chi connectivity index (χ0v) is 17.5. The SMILES string of the molecule is COc1ccc(/C(O)=C2/C(=O)C(=O)N(c3ccccc3)C2c2ccc(O)cc2)c(OC)c1. The number of ketones is 1. The second-order valence-electron chi connectivity index (χ2n) is 7.16. The van der Waals surface area contributed by atoms with Gasteiger partial charge in [0.15, 0.2) is 0 Å². The van der Waals surface area contributed by atoms with E-state index >= 15 is 0 Å². The number of nitrogens with zero attached hydrogens (tertiary/aromatic N) is 1. The number of anilines is 1. The van der Waals surface area contributed by atoms with Crippen molar-refractivity contribution in [2.75, 3.05) is 19.1 Å². The van der Waals surface area contributed by atoms with Crippen molar-refractivity contribution in [2.24, 2.45) is 0 Å². The van der Waals surface area contributed by atoms with Gasteiger partial charge in [0.2, 0.25) is 0 Å². The van der Waals surface area contributed by atoms with Gasteiger partial charge in [-0.2, -0.15) is 0 Å². The first kappa shape index (κ1) is 21.0. The Morgan fingerprint density at radius 1 is 0.906 bits per heavy atom. The van der Waals surface area contributed by atoms with Gasteiger partial charge in [-0.25, -0.2) is 0 Å². The summed E-state index contributed by atoms with van der Waals surface area (Å²) in [5, 5.41) is 21.0. The summed E-state index contributed by atoms with van der Waals surface area (Å²) in [6.45, 7) is 0. The van der Waals surface area contributed by atoms with Crippen molar-refractivity contribution in [3.63, 3.8) is 0 Å². The van der Waals surface area contributed by atoms with Crippen molar-refractivity contribution < 1.29 is 29.3 Å². The number of phenolic OH excluding ortho intramolecular Hbond substituents is 1. The highest BCUT2D eigenvalue weighted by atomic mass is 16.5. The van der Waals surface area contributed by atoms with E-state index in [0.29, 0.717) is 17.0 Å². The molecule has 3 aromatic carbocycles. The fourth-order valence-electron chi connectivity index (χ4n) is 3.80. The fourth-order valence-corrected chi connectivity index (χ4v) is 3.80. The quantitative estimate of drug-likeness (QED) is 0.360. The van der Waals surface area contributed by atoms with E-state index < -0.39 is 17.7 Å². The minimum absolute atomic E-state index is 0.0437. The number of ether oxygens (including phenoxy) is 2. The van der Waals surface area contributed by atoms with Crippen LogP contribution in [-0.2, 0) is 9.59 Å². The molecule has 1 aliphatic rings. The van der Waals surface area contributed by atoms with Crippen molar-refractivity contribution in [3.05, 3.63) is 89.5 Å². The molecule has 1 saturated heterocycles. The van der Waals surface area contributed by atoms with E-state index in [2.05, 4.69) is 0 Å². The van der Waals surface area contributed by atoms with Gasteiger partial charge in [0.25, 0.3) is 11.7 Å². The number of hydrogen-bond donors (Lipinski definition) is 2. The third kappa shape index (κ3) is 3.54. The number of rotatable bonds is 5. The molecule has 32 heavy (non-hydrogen) atoms. The average molecular weight is 431 g/mol. The molecular weight excluding hydrogens is 410 g/mol. The van der Waals surface area contributed by atoms with Crippen LogP contribution in [0.25, 0.3) is 5.76 Å². The molecular formula is C25H21NO6. The molecule has 1 unspecified atom stereocenters. The van der Waals surface area contributed by atoms with Crippen LogP contribution in [0.4, 0.5) is 5.69 Å². The predicted molar refractivity (Wildman–Crippen MR) is 119 cm³/mol. The van der Waals surface area contributed by atoms with Gasteiger partial charge in [0.1, 0.15) is 23.0 Å². The van der Waals surface area contributed by atoms with Crippen molar-refractivity contribution in [2.45, 2.75) is 6.04 Å². The first-order chi connectivity index (χ1) is 15.5. The first-order valence-corrected chi connectivity index (χ1v) is 9.83. The Morgan fingerprint density at radius 3 is 2.22 bits per heavy atom. The number of methoxy groups -OCH3 is 2. The lowest BCUT2D eigenvalue weighted by atomic mass is 9.94. The highest BCUT2D eigenvalue weighted by molar-refractivity contribution is 6.51. The van der Waals surface area contributed by atoms with Crippen molar-refractivity contribution >= 4 is 23.1 Å². The minimum Gasteiger partial charge on any atom is -0.508 e. The molecule has 0 aliphatic carbocycles. The van der Waals surface area contributed by atoms with Crippen molar-refractivity contribution in [1.82, 2.24) is 0 Å². The summed E-state index contributed by atoms with van der Waals surface area (Å²) in [5.41, 5.74) is 1.24. The monoisotopic (exact) mass is 431 g/mol. The number of para-hydroxylation sites is 1. The van der Waals surface area contributed by atoms with E-state index in [9.17, 15) is 19.8 Å². The molecule has 4 rings (SSSR count). The van der Waals surface area contributed by atoms with E-state index in [-0.39, 0.29) is 28.4 Å². The van der Waals surface area contributed by atoms with E-state index in [1.807, 2.05) is 0 Å². The Balaban J connectivity index is 1.96. The summed E-state index contributed by atoms with van der Waals surface area (Å²) in [7, 11) is 2.94. The number of aliphatic hydroxyl groups excluding tert-OH is 1. The molecule has 7 heteroatoms. The highest BCUT2D eigenvalue weighted by Gasteiger charge is 2.47. The number of phenols is 1. The number of Topliss-reactive ketones (excluding diaryl/α,β-unsaturated/α-hetero) is 1. The van der Waals surface area contributed by atoms with Crippen LogP contribution >= 0.6 is 0 Å². The fraction of sp³-hybridized carbons (Fsp3) is 0.120. The molecule has 3 aromatic rings. The lowest BCUT2D eigenvalue weighted by molar-refractivity contribution is -0.132. The zero-order chi connectivity index (χ0) is 22.8. The van der Waals surface area contributed by atoms with Crippen LogP contribution in [0.3, 0.4) is 0 Å². The van der Waals surface area contributed by atoms with Crippen LogP contribution in [0.1, 0.15) is 17.2 Å². The summed E-state index contributed by atoms with van der Waals surface area (Å²) in [5.74, 6) is -1.09. The van der Waals surface area contributed by atoms with Crippen LogP contribution in [0.5, 0.6) is 17.2 Å². The predicted octanol–water partition coefficient (Wildman–Crippen LogP) is 4.04. The molecule has 1 fully saturated rings. The third-order valence-corrected chi connectivity index (χ3v) is 5.35. The number of carbonyl (C=O) groups is 2. The van der Waals surface area contributed by atoms with Gasteiger partial charge in [-0.15, -0.1) is 0 Å². The normalized spacial score (nSPS) is 17.4. The third-order valence-electron chi connectivity index (χ3n) is 5.35. The largest absolute Gasteiger partial charge is 0.508 e. The zero-order valence-electron chi connectivity index (χ0n) is 17.5. The van der Waals surface area contributed by atoms with Crippen LogP contribution < -0.4 is 14.4 Å². The second-order valence-corrected chi connectivity index (χ2v) is 7.16. The van der Waals surface area contributed by atoms with Gasteiger partial charge in [0, 0.05) is 11.8 Å². The van der Waals surface area contributed by atoms with Crippen molar-refractivity contribution in [1.29, 1.82) is 0 Å². The molecule has 1 amide bonds. The van der Waals surface area contributed by atoms with Gasteiger partial charge < -0.3 is 19.7 Å². The Labute approximate surface area is 184 Å². The first-order valence-electron chi connectivity index (χ1n) is 9.83. The number of aliphatic hydroxyl groups is 1. The lowest BCUT2D eigenvalue weighted by Gasteiger charge is -2.25. The van der Waals surface area contributed by atoms with Gasteiger partial charge in [-0.1, -0.05) is 30.3 Å². The van der Waals surface area contributed by atoms with Crippen LogP contribution in [0.2, 0.25) is 0 Å². The molecule has 0 radical (unpaired) electrons. The number of amides is 1. The van der Waals surface area contributed by atoms with E-state index in [1.165, 1.54) is 31.3 Å². The molecule has 162 valence electrons. The molecule has 7 nitrogen and oxygen atoms in total. The summed E-state index contributed by atoms with van der Waals surface area (Å²) < 4.78 is 10.6. The maximum Gasteiger partial charge on any atom is 0.300 e. The van der Waals surface area contributed by atoms with Crippen LogP contribution in [0, 0.1) is 0 Å². The molecule has 0 bridgehead atoms. The topological polar surface area (TPSA) is 96.3 Å².